The maximum Gasteiger partial charge on any atom is 0.321 e. The van der Waals surface area contributed by atoms with Crippen molar-refractivity contribution in [2.45, 2.75) is 46.2 Å². The lowest BCUT2D eigenvalue weighted by Gasteiger charge is -2.21. The molecule has 20 heavy (non-hydrogen) atoms. The van der Waals surface area contributed by atoms with Crippen LogP contribution < -0.4 is 16.0 Å². The van der Waals surface area contributed by atoms with E-state index < -0.39 is 17.5 Å². The van der Waals surface area contributed by atoms with Crippen molar-refractivity contribution in [2.24, 2.45) is 0 Å². The van der Waals surface area contributed by atoms with Crippen LogP contribution in [0.3, 0.4) is 0 Å². The van der Waals surface area contributed by atoms with Crippen molar-refractivity contribution in [2.75, 3.05) is 20.1 Å². The summed E-state index contributed by atoms with van der Waals surface area (Å²) < 4.78 is 0. The topological polar surface area (TPSA) is 90.5 Å². The number of rotatable bonds is 5. The summed E-state index contributed by atoms with van der Waals surface area (Å²) in [4.78, 5) is 36.1. The van der Waals surface area contributed by atoms with Crippen LogP contribution in [0.1, 0.15) is 34.6 Å². The monoisotopic (exact) mass is 286 g/mol. The van der Waals surface area contributed by atoms with E-state index in [4.69, 9.17) is 0 Å². The molecule has 0 aromatic heterocycles. The molecule has 0 aromatic rings. The van der Waals surface area contributed by atoms with Crippen LogP contribution in [0.5, 0.6) is 0 Å². The Hall–Kier alpha value is -1.63. The summed E-state index contributed by atoms with van der Waals surface area (Å²) in [7, 11) is 1.64. The SMILES string of the molecule is CC(C)NC(=O)CN(C)CC(=O)NC(=O)NC(C)(C)C. The first-order valence-corrected chi connectivity index (χ1v) is 6.59. The maximum absolute atomic E-state index is 11.6. The van der Waals surface area contributed by atoms with Crippen molar-refractivity contribution in [3.05, 3.63) is 0 Å². The highest BCUT2D eigenvalue weighted by Crippen LogP contribution is 1.97. The molecule has 0 heterocycles. The summed E-state index contributed by atoms with van der Waals surface area (Å²) in [6.45, 7) is 9.26. The number of nitrogens with zero attached hydrogens (tertiary/aromatic N) is 1. The van der Waals surface area contributed by atoms with Crippen molar-refractivity contribution in [1.29, 1.82) is 0 Å². The van der Waals surface area contributed by atoms with Gasteiger partial charge in [-0.3, -0.25) is 19.8 Å². The molecule has 0 aliphatic rings. The summed E-state index contributed by atoms with van der Waals surface area (Å²) >= 11 is 0. The normalized spacial score (nSPS) is 11.4. The molecule has 0 saturated heterocycles. The second-order valence-electron chi connectivity index (χ2n) is 6.15. The summed E-state index contributed by atoms with van der Waals surface area (Å²) in [6, 6.07) is -0.482. The Bertz CT molecular complexity index is 361. The highest BCUT2D eigenvalue weighted by molar-refractivity contribution is 5.95. The number of amides is 4. The molecular formula is C13H26N4O3. The smallest absolute Gasteiger partial charge is 0.321 e. The molecule has 0 aliphatic heterocycles. The van der Waals surface area contributed by atoms with Crippen molar-refractivity contribution in [3.63, 3.8) is 0 Å². The zero-order chi connectivity index (χ0) is 15.9. The van der Waals surface area contributed by atoms with Gasteiger partial charge < -0.3 is 10.6 Å². The first kappa shape index (κ1) is 18.4. The second kappa shape index (κ2) is 7.84. The average Bonchev–Trinajstić information content (AvgIpc) is 2.09. The zero-order valence-electron chi connectivity index (χ0n) is 13.2. The number of nitrogens with one attached hydrogen (secondary N) is 3. The molecule has 0 radical (unpaired) electrons. The fourth-order valence-electron chi connectivity index (χ4n) is 1.45. The molecule has 7 nitrogen and oxygen atoms in total. The lowest BCUT2D eigenvalue weighted by molar-refractivity contribution is -0.124. The van der Waals surface area contributed by atoms with E-state index in [2.05, 4.69) is 16.0 Å². The van der Waals surface area contributed by atoms with E-state index in [0.29, 0.717) is 0 Å². The minimum atomic E-state index is -0.539. The van der Waals surface area contributed by atoms with Crippen LogP contribution >= 0.6 is 0 Å². The van der Waals surface area contributed by atoms with E-state index in [1.165, 1.54) is 4.90 Å². The van der Waals surface area contributed by atoms with Crippen molar-refractivity contribution in [3.8, 4) is 0 Å². The van der Waals surface area contributed by atoms with Gasteiger partial charge in [0.15, 0.2) is 0 Å². The predicted molar refractivity (Wildman–Crippen MR) is 77.2 cm³/mol. The molecule has 0 unspecified atom stereocenters. The molecule has 116 valence electrons. The molecule has 7 heteroatoms. The largest absolute Gasteiger partial charge is 0.353 e. The molecule has 0 spiro atoms. The molecule has 0 fully saturated rings. The highest BCUT2D eigenvalue weighted by atomic mass is 16.2. The van der Waals surface area contributed by atoms with Gasteiger partial charge in [-0.2, -0.15) is 0 Å². The van der Waals surface area contributed by atoms with Gasteiger partial charge in [0.2, 0.25) is 11.8 Å². The Morgan fingerprint density at radius 3 is 2.00 bits per heavy atom. The maximum atomic E-state index is 11.6. The highest BCUT2D eigenvalue weighted by Gasteiger charge is 2.17. The molecular weight excluding hydrogens is 260 g/mol. The fraction of sp³-hybridized carbons (Fsp3) is 0.769. The molecule has 0 bridgehead atoms. The first-order valence-electron chi connectivity index (χ1n) is 6.59. The third-order valence-corrected chi connectivity index (χ3v) is 2.02. The van der Waals surface area contributed by atoms with Gasteiger partial charge in [-0.25, -0.2) is 4.79 Å². The number of hydrogen-bond donors (Lipinski definition) is 3. The molecule has 0 saturated carbocycles. The third-order valence-electron chi connectivity index (χ3n) is 2.02. The Morgan fingerprint density at radius 1 is 1.05 bits per heavy atom. The van der Waals surface area contributed by atoms with Crippen molar-refractivity contribution >= 4 is 17.8 Å². The quantitative estimate of drug-likeness (QED) is 0.667. The van der Waals surface area contributed by atoms with Gasteiger partial charge in [0, 0.05) is 11.6 Å². The predicted octanol–water partition coefficient (Wildman–Crippen LogP) is 0.0671. The lowest BCUT2D eigenvalue weighted by atomic mass is 10.1. The molecule has 4 amide bonds. The van der Waals surface area contributed by atoms with Gasteiger partial charge in [-0.1, -0.05) is 0 Å². The van der Waals surface area contributed by atoms with E-state index in [1.54, 1.807) is 7.05 Å². The number of imide groups is 1. The van der Waals surface area contributed by atoms with Gasteiger partial charge in [-0.15, -0.1) is 0 Å². The number of urea groups is 1. The van der Waals surface area contributed by atoms with E-state index in [0.717, 1.165) is 0 Å². The van der Waals surface area contributed by atoms with Crippen molar-refractivity contribution < 1.29 is 14.4 Å². The minimum absolute atomic E-state index is 0.0247. The van der Waals surface area contributed by atoms with Crippen LogP contribution in [0.25, 0.3) is 0 Å². The second-order valence-corrected chi connectivity index (χ2v) is 6.15. The fourth-order valence-corrected chi connectivity index (χ4v) is 1.45. The summed E-state index contributed by atoms with van der Waals surface area (Å²) in [5.74, 6) is -0.610. The van der Waals surface area contributed by atoms with Crippen LogP contribution in [-0.4, -0.2) is 54.5 Å². The summed E-state index contributed by atoms with van der Waals surface area (Å²) in [5, 5.41) is 7.57. The Morgan fingerprint density at radius 2 is 1.55 bits per heavy atom. The lowest BCUT2D eigenvalue weighted by Crippen LogP contribution is -2.50. The number of carbonyl (C=O) groups is 3. The first-order chi connectivity index (χ1) is 8.99. The molecule has 0 aliphatic carbocycles. The molecule has 3 N–H and O–H groups in total. The minimum Gasteiger partial charge on any atom is -0.353 e. The van der Waals surface area contributed by atoms with Crippen LogP contribution in [0.4, 0.5) is 4.79 Å². The molecule has 0 aromatic carbocycles. The van der Waals surface area contributed by atoms with Crippen LogP contribution in [0.15, 0.2) is 0 Å². The summed E-state index contributed by atoms with van der Waals surface area (Å²) in [6.07, 6.45) is 0. The Kier molecular flexibility index (Phi) is 7.20. The standard InChI is InChI=1S/C13H26N4O3/c1-9(2)14-10(18)7-17(6)8-11(19)15-12(20)16-13(3,4)5/h9H,7-8H2,1-6H3,(H,14,18)(H2,15,16,19,20). The van der Waals surface area contributed by atoms with Gasteiger partial charge in [0.05, 0.1) is 13.1 Å². The Balaban J connectivity index is 4.08. The summed E-state index contributed by atoms with van der Waals surface area (Å²) in [5.41, 5.74) is -0.409. The van der Waals surface area contributed by atoms with Crippen molar-refractivity contribution in [1.82, 2.24) is 20.9 Å². The third kappa shape index (κ3) is 10.3. The van der Waals surface area contributed by atoms with Gasteiger partial charge in [0.1, 0.15) is 0 Å². The number of hydrogen-bond acceptors (Lipinski definition) is 4. The molecule has 0 atom stereocenters. The van der Waals surface area contributed by atoms with Gasteiger partial charge in [-0.05, 0) is 41.7 Å². The van der Waals surface area contributed by atoms with E-state index in [9.17, 15) is 14.4 Å². The van der Waals surface area contributed by atoms with Crippen LogP contribution in [0, 0.1) is 0 Å². The van der Waals surface area contributed by atoms with Crippen LogP contribution in [-0.2, 0) is 9.59 Å². The van der Waals surface area contributed by atoms with E-state index in [1.807, 2.05) is 34.6 Å². The van der Waals surface area contributed by atoms with E-state index >= 15 is 0 Å². The van der Waals surface area contributed by atoms with Gasteiger partial charge in [0.25, 0.3) is 0 Å². The average molecular weight is 286 g/mol. The Labute approximate surface area is 120 Å². The van der Waals surface area contributed by atoms with Crippen LogP contribution in [0.2, 0.25) is 0 Å². The van der Waals surface area contributed by atoms with Gasteiger partial charge >= 0.3 is 6.03 Å². The van der Waals surface area contributed by atoms with E-state index in [-0.39, 0.29) is 25.0 Å². The number of carbonyl (C=O) groups excluding carboxylic acids is 3. The zero-order valence-corrected chi connectivity index (χ0v) is 13.2. The number of likely N-dealkylation sites (N-methyl/N-ethyl adjacent to an activating group) is 1. The molecule has 0 rings (SSSR count).